The van der Waals surface area contributed by atoms with Crippen LogP contribution in [0.15, 0.2) is 221 Å². The van der Waals surface area contributed by atoms with Crippen molar-refractivity contribution in [2.75, 3.05) is 0 Å². The molecule has 4 nitrogen and oxygen atoms in total. The molecule has 10 aromatic carbocycles. The molecule has 1 aliphatic rings. The van der Waals surface area contributed by atoms with Gasteiger partial charge < -0.3 is 13.4 Å². The first-order valence-corrected chi connectivity index (χ1v) is 22.0. The Balaban J connectivity index is 0.958. The molecule has 0 saturated carbocycles. The number of hydrogen-bond donors (Lipinski definition) is 0. The second-order valence-electron chi connectivity index (χ2n) is 17.2. The first kappa shape index (κ1) is 35.8. The molecule has 65 heavy (non-hydrogen) atoms. The molecule has 0 atom stereocenters. The SMILES string of the molecule is O=C1c2ccccc2-c2cc(-c3cc(-c4cccc(-c5ccc6oc7ccccc7c6c5)c4)cc(-n4c5ccccc5c5cc(-c6ccc7oc8ccccc8c7c6)ccc54)c3)ccc21. The second kappa shape index (κ2) is 13.6. The minimum absolute atomic E-state index is 0.0812. The van der Waals surface area contributed by atoms with Gasteiger partial charge in [0.2, 0.25) is 0 Å². The van der Waals surface area contributed by atoms with E-state index in [4.69, 9.17) is 8.83 Å². The Kier molecular flexibility index (Phi) is 7.51. The van der Waals surface area contributed by atoms with Crippen LogP contribution in [0.4, 0.5) is 0 Å². The lowest BCUT2D eigenvalue weighted by Crippen LogP contribution is -1.97. The van der Waals surface area contributed by atoms with Crippen molar-refractivity contribution in [2.45, 2.75) is 0 Å². The molecule has 14 rings (SSSR count). The topological polar surface area (TPSA) is 48.3 Å². The highest BCUT2D eigenvalue weighted by molar-refractivity contribution is 6.22. The summed E-state index contributed by atoms with van der Waals surface area (Å²) in [5, 5.41) is 6.82. The molecule has 0 saturated heterocycles. The van der Waals surface area contributed by atoms with Crippen molar-refractivity contribution < 1.29 is 13.6 Å². The maximum atomic E-state index is 13.5. The molecule has 3 aromatic heterocycles. The Hall–Kier alpha value is -8.73. The minimum Gasteiger partial charge on any atom is -0.456 e. The van der Waals surface area contributed by atoms with Crippen molar-refractivity contribution in [1.29, 1.82) is 0 Å². The highest BCUT2D eigenvalue weighted by Gasteiger charge is 2.27. The largest absolute Gasteiger partial charge is 0.456 e. The summed E-state index contributed by atoms with van der Waals surface area (Å²) in [4.78, 5) is 13.5. The lowest BCUT2D eigenvalue weighted by Gasteiger charge is -2.15. The summed E-state index contributed by atoms with van der Waals surface area (Å²) >= 11 is 0. The maximum Gasteiger partial charge on any atom is 0.194 e. The van der Waals surface area contributed by atoms with Gasteiger partial charge in [0.25, 0.3) is 0 Å². The van der Waals surface area contributed by atoms with E-state index < -0.39 is 0 Å². The van der Waals surface area contributed by atoms with Gasteiger partial charge in [0, 0.05) is 49.1 Å². The molecule has 0 bridgehead atoms. The van der Waals surface area contributed by atoms with Crippen molar-refractivity contribution in [3.63, 3.8) is 0 Å². The Morgan fingerprint density at radius 1 is 0.277 bits per heavy atom. The summed E-state index contributed by atoms with van der Waals surface area (Å²) in [6.45, 7) is 0. The van der Waals surface area contributed by atoms with Crippen molar-refractivity contribution in [2.24, 2.45) is 0 Å². The van der Waals surface area contributed by atoms with Crippen LogP contribution in [0, 0.1) is 0 Å². The summed E-state index contributed by atoms with van der Waals surface area (Å²) in [6, 6.07) is 75.0. The highest BCUT2D eigenvalue weighted by atomic mass is 16.3. The van der Waals surface area contributed by atoms with Gasteiger partial charge in [0.05, 0.1) is 11.0 Å². The molecule has 0 unspecified atom stereocenters. The first-order valence-electron chi connectivity index (χ1n) is 22.0. The fourth-order valence-corrected chi connectivity index (χ4v) is 10.4. The van der Waals surface area contributed by atoms with Crippen LogP contribution in [-0.2, 0) is 0 Å². The first-order chi connectivity index (χ1) is 32.1. The summed E-state index contributed by atoms with van der Waals surface area (Å²) in [5.41, 5.74) is 19.2. The van der Waals surface area contributed by atoms with Gasteiger partial charge in [-0.3, -0.25) is 4.79 Å². The van der Waals surface area contributed by atoms with Crippen molar-refractivity contribution >= 4 is 71.5 Å². The Morgan fingerprint density at radius 3 is 1.43 bits per heavy atom. The Morgan fingerprint density at radius 2 is 0.738 bits per heavy atom. The summed E-state index contributed by atoms with van der Waals surface area (Å²) < 4.78 is 14.8. The number of benzene rings is 10. The van der Waals surface area contributed by atoms with Gasteiger partial charge in [0.15, 0.2) is 5.78 Å². The molecular weight excluding hydrogens is 795 g/mol. The number of fused-ring (bicyclic) bond motifs is 12. The number of ketones is 1. The monoisotopic (exact) mass is 829 g/mol. The zero-order chi connectivity index (χ0) is 42.8. The average molecular weight is 830 g/mol. The lowest BCUT2D eigenvalue weighted by atomic mass is 9.93. The van der Waals surface area contributed by atoms with E-state index in [0.717, 1.165) is 127 Å². The van der Waals surface area contributed by atoms with Crippen molar-refractivity contribution in [3.05, 3.63) is 223 Å². The number of hydrogen-bond acceptors (Lipinski definition) is 3. The molecule has 13 aromatic rings. The third kappa shape index (κ3) is 5.47. The Labute approximate surface area is 372 Å². The summed E-state index contributed by atoms with van der Waals surface area (Å²) in [7, 11) is 0. The highest BCUT2D eigenvalue weighted by Crippen LogP contribution is 2.43. The third-order valence-electron chi connectivity index (χ3n) is 13.5. The molecule has 0 aliphatic heterocycles. The molecule has 1 aliphatic carbocycles. The summed E-state index contributed by atoms with van der Waals surface area (Å²) in [6.07, 6.45) is 0. The zero-order valence-corrected chi connectivity index (χ0v) is 34.9. The number of para-hydroxylation sites is 3. The van der Waals surface area contributed by atoms with Crippen LogP contribution in [0.3, 0.4) is 0 Å². The molecule has 0 amide bonds. The molecule has 302 valence electrons. The lowest BCUT2D eigenvalue weighted by molar-refractivity contribution is 0.104. The fraction of sp³-hybridized carbons (Fsp3) is 0. The van der Waals surface area contributed by atoms with E-state index >= 15 is 0 Å². The second-order valence-corrected chi connectivity index (χ2v) is 17.2. The molecular formula is C61H35NO3. The predicted octanol–water partition coefficient (Wildman–Crippen LogP) is 16.5. The van der Waals surface area contributed by atoms with E-state index in [2.05, 4.69) is 168 Å². The number of nitrogens with zero attached hydrogens (tertiary/aromatic N) is 1. The van der Waals surface area contributed by atoms with E-state index in [-0.39, 0.29) is 5.78 Å². The van der Waals surface area contributed by atoms with Crippen LogP contribution < -0.4 is 0 Å². The standard InChI is InChI=1S/C61H35NO3/c63-61-49-16-2-1-12-45(49)51-32-41(20-24-50(51)61)43-29-42(37-11-9-10-36(28-37)39-22-26-59-53(34-39)47-14-4-7-18-57(47)64-59)30-44(31-43)62-55-17-6-3-13-46(55)52-33-38(21-25-56(52)62)40-23-27-60-54(35-40)48-15-5-8-19-58(48)65-60/h1-35H. The normalized spacial score (nSPS) is 12.3. The molecule has 3 heterocycles. The predicted molar refractivity (Wildman–Crippen MR) is 266 cm³/mol. The summed E-state index contributed by atoms with van der Waals surface area (Å²) in [5.74, 6) is 0.0812. The molecule has 0 fully saturated rings. The van der Waals surface area contributed by atoms with E-state index in [1.165, 1.54) is 10.8 Å². The van der Waals surface area contributed by atoms with Crippen LogP contribution in [0.2, 0.25) is 0 Å². The van der Waals surface area contributed by atoms with Crippen LogP contribution >= 0.6 is 0 Å². The number of carbonyl (C=O) groups excluding carboxylic acids is 1. The zero-order valence-electron chi connectivity index (χ0n) is 34.9. The Bertz CT molecular complexity index is 4160. The third-order valence-corrected chi connectivity index (χ3v) is 13.5. The number of furan rings is 2. The maximum absolute atomic E-state index is 13.5. The smallest absolute Gasteiger partial charge is 0.194 e. The van der Waals surface area contributed by atoms with E-state index in [0.29, 0.717) is 0 Å². The number of aromatic nitrogens is 1. The van der Waals surface area contributed by atoms with Crippen molar-refractivity contribution in [3.8, 4) is 61.3 Å². The van der Waals surface area contributed by atoms with Gasteiger partial charge in [-0.25, -0.2) is 0 Å². The van der Waals surface area contributed by atoms with Gasteiger partial charge in [-0.1, -0.05) is 121 Å². The van der Waals surface area contributed by atoms with Gasteiger partial charge in [-0.15, -0.1) is 0 Å². The van der Waals surface area contributed by atoms with Crippen LogP contribution in [0.25, 0.3) is 127 Å². The van der Waals surface area contributed by atoms with Crippen LogP contribution in [0.5, 0.6) is 0 Å². The molecule has 0 radical (unpaired) electrons. The van der Waals surface area contributed by atoms with Gasteiger partial charge >= 0.3 is 0 Å². The van der Waals surface area contributed by atoms with Crippen molar-refractivity contribution in [1.82, 2.24) is 4.57 Å². The minimum atomic E-state index is 0.0812. The van der Waals surface area contributed by atoms with Gasteiger partial charge in [-0.2, -0.15) is 0 Å². The van der Waals surface area contributed by atoms with Crippen LogP contribution in [0.1, 0.15) is 15.9 Å². The average Bonchev–Trinajstić information content (AvgIpc) is 4.11. The van der Waals surface area contributed by atoms with Gasteiger partial charge in [-0.05, 0) is 147 Å². The quantitative estimate of drug-likeness (QED) is 0.174. The van der Waals surface area contributed by atoms with E-state index in [1.807, 2.05) is 48.5 Å². The van der Waals surface area contributed by atoms with E-state index in [1.54, 1.807) is 0 Å². The van der Waals surface area contributed by atoms with Crippen LogP contribution in [-0.4, -0.2) is 10.4 Å². The molecule has 4 heteroatoms. The molecule has 0 N–H and O–H groups in total. The number of rotatable bonds is 5. The molecule has 0 spiro atoms. The fourth-order valence-electron chi connectivity index (χ4n) is 10.4. The van der Waals surface area contributed by atoms with Gasteiger partial charge in [0.1, 0.15) is 22.3 Å². The number of carbonyl (C=O) groups is 1. The van der Waals surface area contributed by atoms with E-state index in [9.17, 15) is 4.79 Å².